The number of alkyl halides is 3. The van der Waals surface area contributed by atoms with E-state index in [4.69, 9.17) is 9.47 Å². The number of halogens is 3. The molecule has 0 radical (unpaired) electrons. The van der Waals surface area contributed by atoms with E-state index >= 15 is 0 Å². The minimum atomic E-state index is -4.56. The van der Waals surface area contributed by atoms with Gasteiger partial charge in [-0.1, -0.05) is 0 Å². The number of benzene rings is 2. The lowest BCUT2D eigenvalue weighted by molar-refractivity contribution is -0.137. The molecule has 2 heterocycles. The van der Waals surface area contributed by atoms with Crippen LogP contribution in [0.25, 0.3) is 0 Å². The summed E-state index contributed by atoms with van der Waals surface area (Å²) in [6, 6.07) is 9.07. The lowest BCUT2D eigenvalue weighted by atomic mass is 10.1. The highest BCUT2D eigenvalue weighted by atomic mass is 19.4. The Balaban J connectivity index is 1.59. The van der Waals surface area contributed by atoms with Crippen molar-refractivity contribution in [1.29, 1.82) is 0 Å². The first-order valence-electron chi connectivity index (χ1n) is 9.27. The monoisotopic (exact) mass is 420 g/mol. The van der Waals surface area contributed by atoms with Crippen LogP contribution in [0.1, 0.15) is 26.3 Å². The summed E-state index contributed by atoms with van der Waals surface area (Å²) in [4.78, 5) is 28.6. The zero-order chi connectivity index (χ0) is 21.6. The molecule has 2 amide bonds. The number of methoxy groups -OCH3 is 1. The molecule has 2 unspecified atom stereocenters. The van der Waals surface area contributed by atoms with E-state index in [0.29, 0.717) is 11.3 Å². The number of rotatable bonds is 2. The summed E-state index contributed by atoms with van der Waals surface area (Å²) in [7, 11) is 3.05. The molecule has 2 atom stereocenters. The Morgan fingerprint density at radius 3 is 2.47 bits per heavy atom. The number of carbonyl (C=O) groups is 2. The van der Waals surface area contributed by atoms with Crippen molar-refractivity contribution in [3.8, 4) is 11.5 Å². The molecule has 1 saturated heterocycles. The van der Waals surface area contributed by atoms with E-state index in [9.17, 15) is 22.8 Å². The van der Waals surface area contributed by atoms with Gasteiger partial charge in [-0.25, -0.2) is 0 Å². The molecule has 1 fully saturated rings. The molecule has 158 valence electrons. The van der Waals surface area contributed by atoms with E-state index in [-0.39, 0.29) is 30.3 Å². The minimum absolute atomic E-state index is 0.0890. The third kappa shape index (κ3) is 3.44. The van der Waals surface area contributed by atoms with Crippen LogP contribution < -0.4 is 9.47 Å². The zero-order valence-corrected chi connectivity index (χ0v) is 16.3. The number of ether oxygens (including phenoxy) is 2. The van der Waals surface area contributed by atoms with Gasteiger partial charge in [0.15, 0.2) is 0 Å². The average Bonchev–Trinajstić information content (AvgIpc) is 3.11. The van der Waals surface area contributed by atoms with Gasteiger partial charge in [-0.15, -0.1) is 0 Å². The number of fused-ring (bicyclic) bond motifs is 2. The SMILES string of the molecule is COc1ccc(C(=O)N2CC3Oc4ccc(C(F)(F)F)cc4C(=O)N(C)C3C2)cc1. The molecule has 30 heavy (non-hydrogen) atoms. The highest BCUT2D eigenvalue weighted by Gasteiger charge is 2.44. The van der Waals surface area contributed by atoms with Gasteiger partial charge < -0.3 is 19.3 Å². The summed E-state index contributed by atoms with van der Waals surface area (Å²) in [5.74, 6) is -0.0714. The van der Waals surface area contributed by atoms with E-state index in [2.05, 4.69) is 0 Å². The quantitative estimate of drug-likeness (QED) is 0.750. The second kappa shape index (κ2) is 7.23. The number of amides is 2. The van der Waals surface area contributed by atoms with E-state index in [0.717, 1.165) is 12.1 Å². The van der Waals surface area contributed by atoms with Crippen LogP contribution >= 0.6 is 0 Å². The van der Waals surface area contributed by atoms with Crippen molar-refractivity contribution in [2.75, 3.05) is 27.2 Å². The highest BCUT2D eigenvalue weighted by molar-refractivity contribution is 5.98. The standard InChI is InChI=1S/C21H19F3N2O4/c1-25-16-10-26(19(27)12-3-6-14(29-2)7-4-12)11-18(16)30-17-8-5-13(21(22,23)24)9-15(17)20(25)28/h3-9,16,18H,10-11H2,1-2H3. The number of nitrogens with zero attached hydrogens (tertiary/aromatic N) is 2. The molecular formula is C21H19F3N2O4. The first-order valence-corrected chi connectivity index (χ1v) is 9.27. The topological polar surface area (TPSA) is 59.1 Å². The summed E-state index contributed by atoms with van der Waals surface area (Å²) in [5.41, 5.74) is -0.568. The fraction of sp³-hybridized carbons (Fsp3) is 0.333. The summed E-state index contributed by atoms with van der Waals surface area (Å²) in [6.07, 6.45) is -5.10. The van der Waals surface area contributed by atoms with Crippen LogP contribution in [0.4, 0.5) is 13.2 Å². The van der Waals surface area contributed by atoms with Crippen LogP contribution in [-0.4, -0.2) is 61.0 Å². The lowest BCUT2D eigenvalue weighted by Crippen LogP contribution is -2.44. The summed E-state index contributed by atoms with van der Waals surface area (Å²) in [5, 5.41) is 0. The number of hydrogen-bond acceptors (Lipinski definition) is 4. The van der Waals surface area contributed by atoms with Crippen molar-refractivity contribution >= 4 is 11.8 Å². The summed E-state index contributed by atoms with van der Waals surface area (Å²) >= 11 is 0. The van der Waals surface area contributed by atoms with E-state index < -0.39 is 29.8 Å². The Kier molecular flexibility index (Phi) is 4.83. The van der Waals surface area contributed by atoms with Crippen LogP contribution in [0, 0.1) is 0 Å². The van der Waals surface area contributed by atoms with Gasteiger partial charge in [-0.05, 0) is 42.5 Å². The van der Waals surface area contributed by atoms with Gasteiger partial charge in [0.25, 0.3) is 11.8 Å². The largest absolute Gasteiger partial charge is 0.497 e. The van der Waals surface area contributed by atoms with Gasteiger partial charge in [0.05, 0.1) is 30.8 Å². The first-order chi connectivity index (χ1) is 14.2. The Hall–Kier alpha value is -3.23. The molecular weight excluding hydrogens is 401 g/mol. The van der Waals surface area contributed by atoms with Gasteiger partial charge in [-0.2, -0.15) is 13.2 Å². The Bertz CT molecular complexity index is 991. The Morgan fingerprint density at radius 2 is 1.83 bits per heavy atom. The van der Waals surface area contributed by atoms with Gasteiger partial charge in [0.1, 0.15) is 17.6 Å². The predicted molar refractivity (Wildman–Crippen MR) is 101 cm³/mol. The smallest absolute Gasteiger partial charge is 0.416 e. The summed E-state index contributed by atoms with van der Waals surface area (Å²) in [6.45, 7) is 0.436. The maximum atomic E-state index is 13.0. The molecule has 2 aromatic carbocycles. The molecule has 0 aliphatic carbocycles. The second-order valence-electron chi connectivity index (χ2n) is 7.29. The molecule has 4 rings (SSSR count). The van der Waals surface area contributed by atoms with Gasteiger partial charge in [0.2, 0.25) is 0 Å². The summed E-state index contributed by atoms with van der Waals surface area (Å²) < 4.78 is 50.1. The lowest BCUT2D eigenvalue weighted by Gasteiger charge is -2.25. The third-order valence-corrected chi connectivity index (χ3v) is 5.49. The highest BCUT2D eigenvalue weighted by Crippen LogP contribution is 2.36. The van der Waals surface area contributed by atoms with Crippen molar-refractivity contribution in [1.82, 2.24) is 9.80 Å². The van der Waals surface area contributed by atoms with Gasteiger partial charge >= 0.3 is 6.18 Å². The molecule has 2 aliphatic rings. The van der Waals surface area contributed by atoms with E-state index in [1.165, 1.54) is 25.1 Å². The molecule has 0 bridgehead atoms. The van der Waals surface area contributed by atoms with Gasteiger partial charge in [-0.3, -0.25) is 9.59 Å². The Morgan fingerprint density at radius 1 is 1.13 bits per heavy atom. The van der Waals surface area contributed by atoms with Gasteiger partial charge in [0, 0.05) is 19.2 Å². The third-order valence-electron chi connectivity index (χ3n) is 5.49. The Labute approximate surface area is 170 Å². The number of likely N-dealkylation sites (tertiary alicyclic amines) is 1. The van der Waals surface area contributed by atoms with Crippen molar-refractivity contribution < 1.29 is 32.2 Å². The number of hydrogen-bond donors (Lipinski definition) is 0. The first kappa shape index (κ1) is 20.1. The van der Waals surface area contributed by atoms with Crippen LogP contribution in [0.5, 0.6) is 11.5 Å². The molecule has 0 saturated carbocycles. The van der Waals surface area contributed by atoms with E-state index in [1.807, 2.05) is 0 Å². The molecule has 2 aromatic rings. The fourth-order valence-corrected chi connectivity index (χ4v) is 3.81. The van der Waals surface area contributed by atoms with Crippen molar-refractivity contribution in [2.45, 2.75) is 18.3 Å². The van der Waals surface area contributed by atoms with Crippen LogP contribution in [-0.2, 0) is 6.18 Å². The fourth-order valence-electron chi connectivity index (χ4n) is 3.81. The maximum Gasteiger partial charge on any atom is 0.416 e. The normalized spacial score (nSPS) is 20.9. The molecule has 0 N–H and O–H groups in total. The van der Waals surface area contributed by atoms with Crippen LogP contribution in [0.2, 0.25) is 0 Å². The van der Waals surface area contributed by atoms with E-state index in [1.54, 1.807) is 29.2 Å². The maximum absolute atomic E-state index is 13.0. The van der Waals surface area contributed by atoms with Crippen molar-refractivity contribution in [2.24, 2.45) is 0 Å². The molecule has 0 aromatic heterocycles. The molecule has 2 aliphatic heterocycles. The predicted octanol–water partition coefficient (Wildman–Crippen LogP) is 3.07. The number of likely N-dealkylation sites (N-methyl/N-ethyl adjacent to an activating group) is 1. The van der Waals surface area contributed by atoms with Crippen LogP contribution in [0.3, 0.4) is 0 Å². The minimum Gasteiger partial charge on any atom is -0.497 e. The average molecular weight is 420 g/mol. The second-order valence-corrected chi connectivity index (χ2v) is 7.29. The molecule has 6 nitrogen and oxygen atoms in total. The molecule has 9 heteroatoms. The van der Waals surface area contributed by atoms with Crippen molar-refractivity contribution in [3.63, 3.8) is 0 Å². The van der Waals surface area contributed by atoms with Crippen molar-refractivity contribution in [3.05, 3.63) is 59.2 Å². The number of carbonyl (C=O) groups excluding carboxylic acids is 2. The molecule has 0 spiro atoms. The van der Waals surface area contributed by atoms with Crippen LogP contribution in [0.15, 0.2) is 42.5 Å². The zero-order valence-electron chi connectivity index (χ0n) is 16.3.